The van der Waals surface area contributed by atoms with Gasteiger partial charge in [0.25, 0.3) is 5.91 Å². The summed E-state index contributed by atoms with van der Waals surface area (Å²) in [4.78, 5) is 30.3. The van der Waals surface area contributed by atoms with Gasteiger partial charge in [-0.15, -0.1) is 0 Å². The molecule has 0 aliphatic carbocycles. The fraction of sp³-hybridized carbons (Fsp3) is 0.167. The normalized spacial score (nSPS) is 13.4. The molecular formula is C18H15N3O3S. The third-order valence-corrected chi connectivity index (χ3v) is 4.86. The number of hydrogen-bond acceptors (Lipinski definition) is 5. The van der Waals surface area contributed by atoms with Crippen molar-refractivity contribution in [3.63, 3.8) is 0 Å². The first-order valence-corrected chi connectivity index (χ1v) is 8.70. The van der Waals surface area contributed by atoms with Crippen LogP contribution in [0.3, 0.4) is 0 Å². The van der Waals surface area contributed by atoms with Gasteiger partial charge in [-0.05, 0) is 24.3 Å². The van der Waals surface area contributed by atoms with E-state index in [1.54, 1.807) is 4.90 Å². The van der Waals surface area contributed by atoms with Gasteiger partial charge in [-0.1, -0.05) is 35.6 Å². The van der Waals surface area contributed by atoms with Gasteiger partial charge in [-0.2, -0.15) is 0 Å². The van der Waals surface area contributed by atoms with Crippen molar-refractivity contribution in [2.24, 2.45) is 0 Å². The molecule has 0 bridgehead atoms. The summed E-state index contributed by atoms with van der Waals surface area (Å²) in [6, 6.07) is 15.1. The molecule has 2 heterocycles. The van der Waals surface area contributed by atoms with E-state index in [4.69, 9.17) is 4.74 Å². The Balaban J connectivity index is 1.42. The topological polar surface area (TPSA) is 71.5 Å². The molecule has 4 rings (SSSR count). The summed E-state index contributed by atoms with van der Waals surface area (Å²) in [6.45, 7) is 0.298. The summed E-state index contributed by atoms with van der Waals surface area (Å²) in [5, 5.41) is 3.38. The molecule has 1 aliphatic heterocycles. The van der Waals surface area contributed by atoms with E-state index in [1.807, 2.05) is 48.5 Å². The highest BCUT2D eigenvalue weighted by molar-refractivity contribution is 7.22. The van der Waals surface area contributed by atoms with Crippen LogP contribution in [0.2, 0.25) is 0 Å². The van der Waals surface area contributed by atoms with E-state index in [0.717, 1.165) is 10.2 Å². The highest BCUT2D eigenvalue weighted by Crippen LogP contribution is 2.31. The molecule has 1 aliphatic rings. The van der Waals surface area contributed by atoms with E-state index < -0.39 is 0 Å². The van der Waals surface area contributed by atoms with Gasteiger partial charge in [-0.3, -0.25) is 9.59 Å². The van der Waals surface area contributed by atoms with Gasteiger partial charge in [0.2, 0.25) is 5.91 Å². The Morgan fingerprint density at radius 3 is 2.88 bits per heavy atom. The number of thiazole rings is 1. The van der Waals surface area contributed by atoms with Crippen LogP contribution in [0.25, 0.3) is 10.2 Å². The summed E-state index contributed by atoms with van der Waals surface area (Å²) in [5.41, 5.74) is 1.56. The van der Waals surface area contributed by atoms with Gasteiger partial charge in [0.15, 0.2) is 11.7 Å². The summed E-state index contributed by atoms with van der Waals surface area (Å²) >= 11 is 1.43. The van der Waals surface area contributed by atoms with Crippen LogP contribution < -0.4 is 15.0 Å². The van der Waals surface area contributed by atoms with Crippen molar-refractivity contribution in [2.45, 2.75) is 6.42 Å². The van der Waals surface area contributed by atoms with E-state index in [9.17, 15) is 9.59 Å². The van der Waals surface area contributed by atoms with Crippen molar-refractivity contribution in [1.29, 1.82) is 0 Å². The first-order chi connectivity index (χ1) is 12.2. The predicted octanol–water partition coefficient (Wildman–Crippen LogP) is 3.05. The zero-order valence-corrected chi connectivity index (χ0v) is 14.1. The number of carbonyl (C=O) groups excluding carboxylic acids is 2. The van der Waals surface area contributed by atoms with E-state index in [0.29, 0.717) is 23.1 Å². The van der Waals surface area contributed by atoms with Crippen molar-refractivity contribution in [3.8, 4) is 5.75 Å². The fourth-order valence-corrected chi connectivity index (χ4v) is 3.60. The number of ether oxygens (including phenoxy) is 1. The molecule has 0 atom stereocenters. The lowest BCUT2D eigenvalue weighted by atomic mass is 10.2. The summed E-state index contributed by atoms with van der Waals surface area (Å²) in [5.74, 6) is 0.344. The molecule has 126 valence electrons. The minimum Gasteiger partial charge on any atom is -0.482 e. The molecule has 0 saturated carbocycles. The highest BCUT2D eigenvalue weighted by Gasteiger charge is 2.25. The number of amides is 2. The molecule has 2 amide bonds. The van der Waals surface area contributed by atoms with Gasteiger partial charge in [-0.25, -0.2) is 4.98 Å². The van der Waals surface area contributed by atoms with Crippen molar-refractivity contribution in [3.05, 3.63) is 48.5 Å². The Kier molecular flexibility index (Phi) is 4.07. The third kappa shape index (κ3) is 3.18. The van der Waals surface area contributed by atoms with Gasteiger partial charge in [0.05, 0.1) is 15.9 Å². The van der Waals surface area contributed by atoms with E-state index >= 15 is 0 Å². The molecule has 1 N–H and O–H groups in total. The fourth-order valence-electron chi connectivity index (χ4n) is 2.72. The van der Waals surface area contributed by atoms with E-state index in [2.05, 4.69) is 10.3 Å². The minimum atomic E-state index is -0.171. The molecule has 6 nitrogen and oxygen atoms in total. The number of benzene rings is 2. The molecule has 0 spiro atoms. The van der Waals surface area contributed by atoms with Crippen LogP contribution in [0.5, 0.6) is 5.75 Å². The SMILES string of the molecule is O=C(CCN1C(=O)COc2ccccc21)Nc1nc2ccccc2s1. The summed E-state index contributed by atoms with van der Waals surface area (Å²) in [7, 11) is 0. The van der Waals surface area contributed by atoms with Crippen LogP contribution >= 0.6 is 11.3 Å². The van der Waals surface area contributed by atoms with Crippen molar-refractivity contribution < 1.29 is 14.3 Å². The second-order valence-corrected chi connectivity index (χ2v) is 6.62. The van der Waals surface area contributed by atoms with Crippen molar-refractivity contribution in [2.75, 3.05) is 23.4 Å². The lowest BCUT2D eigenvalue weighted by molar-refractivity contribution is -0.121. The van der Waals surface area contributed by atoms with Crippen molar-refractivity contribution >= 4 is 44.2 Å². The molecule has 1 aromatic heterocycles. The summed E-state index contributed by atoms with van der Waals surface area (Å²) in [6.07, 6.45) is 0.190. The predicted molar refractivity (Wildman–Crippen MR) is 97.2 cm³/mol. The number of rotatable bonds is 4. The first-order valence-electron chi connectivity index (χ1n) is 7.88. The second kappa shape index (κ2) is 6.52. The Hall–Kier alpha value is -2.93. The Morgan fingerprint density at radius 2 is 2.00 bits per heavy atom. The lowest BCUT2D eigenvalue weighted by Crippen LogP contribution is -2.40. The van der Waals surface area contributed by atoms with E-state index in [1.165, 1.54) is 11.3 Å². The quantitative estimate of drug-likeness (QED) is 0.782. The maximum Gasteiger partial charge on any atom is 0.265 e. The standard InChI is InChI=1S/C18H15N3O3S/c22-16(20-18-19-12-5-1-4-8-15(12)25-18)9-10-21-13-6-2-3-7-14(13)24-11-17(21)23/h1-8H,9-11H2,(H,19,20,22). The smallest absolute Gasteiger partial charge is 0.265 e. The zero-order valence-electron chi connectivity index (χ0n) is 13.3. The summed E-state index contributed by atoms with van der Waals surface area (Å²) < 4.78 is 6.43. The zero-order chi connectivity index (χ0) is 17.2. The highest BCUT2D eigenvalue weighted by atomic mass is 32.1. The van der Waals surface area contributed by atoms with Crippen LogP contribution in [0.4, 0.5) is 10.8 Å². The minimum absolute atomic E-state index is 0.00347. The van der Waals surface area contributed by atoms with Crippen LogP contribution in [-0.4, -0.2) is 29.9 Å². The molecule has 0 saturated heterocycles. The number of carbonyl (C=O) groups is 2. The lowest BCUT2D eigenvalue weighted by Gasteiger charge is -2.29. The molecular weight excluding hydrogens is 338 g/mol. The molecule has 7 heteroatoms. The van der Waals surface area contributed by atoms with Crippen LogP contribution in [-0.2, 0) is 9.59 Å². The number of fused-ring (bicyclic) bond motifs is 2. The van der Waals surface area contributed by atoms with Gasteiger partial charge in [0, 0.05) is 13.0 Å². The number of para-hydroxylation sites is 3. The maximum absolute atomic E-state index is 12.2. The molecule has 25 heavy (non-hydrogen) atoms. The van der Waals surface area contributed by atoms with E-state index in [-0.39, 0.29) is 24.8 Å². The number of aromatic nitrogens is 1. The number of hydrogen-bond donors (Lipinski definition) is 1. The van der Waals surface area contributed by atoms with Crippen LogP contribution in [0.15, 0.2) is 48.5 Å². The molecule has 2 aromatic carbocycles. The first kappa shape index (κ1) is 15.6. The molecule has 0 unspecified atom stereocenters. The second-order valence-electron chi connectivity index (χ2n) is 5.59. The molecule has 0 radical (unpaired) electrons. The largest absolute Gasteiger partial charge is 0.482 e. The van der Waals surface area contributed by atoms with Gasteiger partial charge in [0.1, 0.15) is 5.75 Å². The average Bonchev–Trinajstić information content (AvgIpc) is 3.03. The van der Waals surface area contributed by atoms with Crippen LogP contribution in [0, 0.1) is 0 Å². The maximum atomic E-state index is 12.2. The third-order valence-electron chi connectivity index (χ3n) is 3.91. The molecule has 3 aromatic rings. The van der Waals surface area contributed by atoms with Gasteiger partial charge < -0.3 is 15.0 Å². The number of anilines is 2. The monoisotopic (exact) mass is 353 g/mol. The average molecular weight is 353 g/mol. The van der Waals surface area contributed by atoms with Crippen molar-refractivity contribution in [1.82, 2.24) is 4.98 Å². The van der Waals surface area contributed by atoms with Gasteiger partial charge >= 0.3 is 0 Å². The Bertz CT molecular complexity index is 920. The number of nitrogens with one attached hydrogen (secondary N) is 1. The Morgan fingerprint density at radius 1 is 1.20 bits per heavy atom. The molecule has 0 fully saturated rings. The number of nitrogens with zero attached hydrogens (tertiary/aromatic N) is 2. The Labute approximate surface area is 148 Å². The van der Waals surface area contributed by atoms with Crippen LogP contribution in [0.1, 0.15) is 6.42 Å².